The van der Waals surface area contributed by atoms with Gasteiger partial charge in [0.25, 0.3) is 0 Å². The molecule has 0 radical (unpaired) electrons. The fourth-order valence-corrected chi connectivity index (χ4v) is 2.51. The summed E-state index contributed by atoms with van der Waals surface area (Å²) in [5.74, 6) is -1.60. The molecule has 9 nitrogen and oxygen atoms in total. The number of carbonyl (C=O) groups is 3. The summed E-state index contributed by atoms with van der Waals surface area (Å²) in [6.45, 7) is 13.4. The molecule has 2 rings (SSSR count). The second-order valence-electron chi connectivity index (χ2n) is 8.29. The van der Waals surface area contributed by atoms with E-state index in [-0.39, 0.29) is 11.4 Å². The highest BCUT2D eigenvalue weighted by Gasteiger charge is 2.37. The Bertz CT molecular complexity index is 950. The molecule has 0 bridgehead atoms. The first-order valence-electron chi connectivity index (χ1n) is 8.86. The number of amides is 2. The van der Waals surface area contributed by atoms with Crippen LogP contribution in [0.1, 0.15) is 57.5 Å². The number of hydrogen-bond donors (Lipinski definition) is 1. The molecule has 2 heterocycles. The molecule has 0 fully saturated rings. The molecule has 0 aromatic carbocycles. The van der Waals surface area contributed by atoms with Crippen molar-refractivity contribution in [2.75, 3.05) is 4.90 Å². The number of imide groups is 1. The van der Waals surface area contributed by atoms with Crippen LogP contribution in [0.2, 0.25) is 0 Å². The Morgan fingerprint density at radius 2 is 1.62 bits per heavy atom. The lowest BCUT2D eigenvalue weighted by Gasteiger charge is -2.29. The quantitative estimate of drug-likeness (QED) is 0.811. The fraction of sp³-hybridized carbons (Fsp3) is 0.400. The maximum atomic E-state index is 12.9. The molecule has 1 N–H and O–H groups in total. The smallest absolute Gasteiger partial charge is 0.425 e. The van der Waals surface area contributed by atoms with Gasteiger partial charge in [-0.15, -0.1) is 0 Å². The predicted octanol–water partition coefficient (Wildman–Crippen LogP) is 4.35. The number of nitrogens with zero attached hydrogens (tertiary/aromatic N) is 3. The van der Waals surface area contributed by atoms with Crippen molar-refractivity contribution in [3.63, 3.8) is 0 Å². The maximum absolute atomic E-state index is 12.9. The summed E-state index contributed by atoms with van der Waals surface area (Å²) in [6, 6.07) is 1.31. The number of aromatic carboxylic acids is 1. The molecule has 0 aliphatic rings. The number of aromatic nitrogens is 2. The number of carbonyl (C=O) groups excluding carboxylic acids is 2. The second-order valence-corrected chi connectivity index (χ2v) is 8.29. The first-order valence-corrected chi connectivity index (χ1v) is 8.86. The van der Waals surface area contributed by atoms with E-state index in [2.05, 4.69) is 11.6 Å². The molecule has 9 heteroatoms. The molecule has 0 saturated carbocycles. The van der Waals surface area contributed by atoms with Crippen LogP contribution < -0.4 is 4.90 Å². The number of carboxylic acids is 1. The Morgan fingerprint density at radius 1 is 1.10 bits per heavy atom. The van der Waals surface area contributed by atoms with Crippen LogP contribution in [-0.2, 0) is 9.47 Å². The number of rotatable bonds is 3. The van der Waals surface area contributed by atoms with E-state index in [1.54, 1.807) is 41.5 Å². The van der Waals surface area contributed by atoms with Crippen LogP contribution in [0, 0.1) is 0 Å². The van der Waals surface area contributed by atoms with Gasteiger partial charge in [0, 0.05) is 5.56 Å². The van der Waals surface area contributed by atoms with Crippen LogP contribution in [0.3, 0.4) is 0 Å². The Morgan fingerprint density at radius 3 is 2.03 bits per heavy atom. The van der Waals surface area contributed by atoms with Gasteiger partial charge >= 0.3 is 18.2 Å². The highest BCUT2D eigenvalue weighted by molar-refractivity contribution is 6.13. The van der Waals surface area contributed by atoms with E-state index in [1.165, 1.54) is 29.1 Å². The van der Waals surface area contributed by atoms with Crippen LogP contribution in [0.5, 0.6) is 0 Å². The van der Waals surface area contributed by atoms with Crippen LogP contribution in [0.15, 0.2) is 25.2 Å². The summed E-state index contributed by atoms with van der Waals surface area (Å²) >= 11 is 0. The normalized spacial score (nSPS) is 11.8. The van der Waals surface area contributed by atoms with Gasteiger partial charge in [-0.2, -0.15) is 4.90 Å². The monoisotopic (exact) mass is 403 g/mol. The van der Waals surface area contributed by atoms with Crippen molar-refractivity contribution in [2.45, 2.75) is 52.7 Å². The Balaban J connectivity index is 2.80. The fourth-order valence-electron chi connectivity index (χ4n) is 2.51. The van der Waals surface area contributed by atoms with Gasteiger partial charge in [0.05, 0.1) is 11.7 Å². The molecule has 0 saturated heterocycles. The lowest BCUT2D eigenvalue weighted by molar-refractivity contribution is 0.0428. The Hall–Kier alpha value is -3.36. The van der Waals surface area contributed by atoms with E-state index in [4.69, 9.17) is 9.47 Å². The zero-order valence-corrected chi connectivity index (χ0v) is 17.3. The average Bonchev–Trinajstić information content (AvgIpc) is 3.00. The standard InChI is InChI=1S/C20H25N3O6/c1-8-12-9-13(16(24)25)15(22-11-21-10-14(12)22)23(17(26)28-19(2,3)4)18(27)29-20(5,6)7/h8-11H,1H2,2-7H3,(H,24,25). The van der Waals surface area contributed by atoms with Crippen molar-refractivity contribution in [3.8, 4) is 0 Å². The number of hydrogen-bond acceptors (Lipinski definition) is 6. The molecule has 2 amide bonds. The Labute approximate surface area is 168 Å². The predicted molar refractivity (Wildman–Crippen MR) is 107 cm³/mol. The number of pyridine rings is 1. The van der Waals surface area contributed by atoms with Gasteiger partial charge in [0.15, 0.2) is 0 Å². The Kier molecular flexibility index (Phi) is 5.73. The van der Waals surface area contributed by atoms with E-state index in [0.29, 0.717) is 16.0 Å². The van der Waals surface area contributed by atoms with Crippen LogP contribution in [-0.4, -0.2) is 43.8 Å². The van der Waals surface area contributed by atoms with Crippen molar-refractivity contribution in [1.29, 1.82) is 0 Å². The summed E-state index contributed by atoms with van der Waals surface area (Å²) in [7, 11) is 0. The van der Waals surface area contributed by atoms with Crippen molar-refractivity contribution in [3.05, 3.63) is 36.3 Å². The van der Waals surface area contributed by atoms with Crippen molar-refractivity contribution in [1.82, 2.24) is 9.38 Å². The van der Waals surface area contributed by atoms with Gasteiger partial charge in [0.2, 0.25) is 0 Å². The first-order chi connectivity index (χ1) is 13.2. The molecule has 0 atom stereocenters. The summed E-state index contributed by atoms with van der Waals surface area (Å²) < 4.78 is 12.0. The summed E-state index contributed by atoms with van der Waals surface area (Å²) in [5, 5.41) is 9.76. The summed E-state index contributed by atoms with van der Waals surface area (Å²) in [6.07, 6.45) is 2.07. The van der Waals surface area contributed by atoms with Gasteiger partial charge in [0.1, 0.15) is 28.9 Å². The van der Waals surface area contributed by atoms with Gasteiger partial charge in [-0.3, -0.25) is 4.40 Å². The first kappa shape index (κ1) is 21.9. The average molecular weight is 403 g/mol. The van der Waals surface area contributed by atoms with E-state index >= 15 is 0 Å². The van der Waals surface area contributed by atoms with Gasteiger partial charge in [-0.05, 0) is 47.6 Å². The minimum atomic E-state index is -1.35. The lowest BCUT2D eigenvalue weighted by atomic mass is 10.1. The third-order valence-corrected chi connectivity index (χ3v) is 3.52. The zero-order valence-electron chi connectivity index (χ0n) is 17.3. The highest BCUT2D eigenvalue weighted by atomic mass is 16.6. The van der Waals surface area contributed by atoms with Gasteiger partial charge in [-0.1, -0.05) is 12.7 Å². The molecule has 156 valence electrons. The van der Waals surface area contributed by atoms with Crippen molar-refractivity contribution < 1.29 is 29.0 Å². The zero-order chi connectivity index (χ0) is 22.1. The molecule has 0 unspecified atom stereocenters. The summed E-state index contributed by atoms with van der Waals surface area (Å²) in [4.78, 5) is 42.4. The molecule has 2 aromatic rings. The number of ether oxygens (including phenoxy) is 2. The van der Waals surface area contributed by atoms with E-state index in [9.17, 15) is 19.5 Å². The van der Waals surface area contributed by atoms with Gasteiger partial charge in [-0.25, -0.2) is 19.4 Å². The van der Waals surface area contributed by atoms with E-state index in [0.717, 1.165) is 0 Å². The minimum absolute atomic E-state index is 0.251. The topological polar surface area (TPSA) is 110 Å². The second kappa shape index (κ2) is 7.57. The maximum Gasteiger partial charge on any atom is 0.425 e. The van der Waals surface area contributed by atoms with E-state index in [1.807, 2.05) is 0 Å². The largest absolute Gasteiger partial charge is 0.478 e. The molecule has 0 aliphatic heterocycles. The highest BCUT2D eigenvalue weighted by Crippen LogP contribution is 2.29. The third kappa shape index (κ3) is 4.92. The van der Waals surface area contributed by atoms with Crippen LogP contribution >= 0.6 is 0 Å². The number of imidazole rings is 1. The van der Waals surface area contributed by atoms with Crippen molar-refractivity contribution in [2.24, 2.45) is 0 Å². The number of fused-ring (bicyclic) bond motifs is 1. The van der Waals surface area contributed by atoms with Crippen LogP contribution in [0.4, 0.5) is 15.4 Å². The number of carboxylic acid groups (broad SMARTS) is 1. The van der Waals surface area contributed by atoms with E-state index < -0.39 is 29.4 Å². The molecular weight excluding hydrogens is 378 g/mol. The molecule has 29 heavy (non-hydrogen) atoms. The van der Waals surface area contributed by atoms with Crippen LogP contribution in [0.25, 0.3) is 11.6 Å². The summed E-state index contributed by atoms with van der Waals surface area (Å²) in [5.41, 5.74) is -1.26. The molecule has 0 spiro atoms. The lowest BCUT2D eigenvalue weighted by Crippen LogP contribution is -2.45. The molecule has 2 aromatic heterocycles. The number of anilines is 1. The SMILES string of the molecule is C=Cc1cc(C(=O)O)c(N(C(=O)OC(C)(C)C)C(=O)OC(C)(C)C)n2cncc12. The minimum Gasteiger partial charge on any atom is -0.478 e. The van der Waals surface area contributed by atoms with Gasteiger partial charge < -0.3 is 14.6 Å². The molecule has 0 aliphatic carbocycles. The third-order valence-electron chi connectivity index (χ3n) is 3.52. The van der Waals surface area contributed by atoms with Crippen molar-refractivity contribution >= 4 is 35.6 Å². The molecular formula is C20H25N3O6.